The molecule has 4 rings (SSSR count). The lowest BCUT2D eigenvalue weighted by Gasteiger charge is -2.35. The van der Waals surface area contributed by atoms with Crippen molar-refractivity contribution in [3.05, 3.63) is 77.6 Å². The van der Waals surface area contributed by atoms with Gasteiger partial charge < -0.3 is 14.5 Å². The number of hydrogen-bond donors (Lipinski definition) is 0. The third-order valence-electron chi connectivity index (χ3n) is 6.37. The van der Waals surface area contributed by atoms with Crippen molar-refractivity contribution in [2.45, 2.75) is 38.3 Å². The van der Waals surface area contributed by atoms with Gasteiger partial charge in [0.25, 0.3) is 0 Å². The number of methoxy groups -OCH3 is 1. The molecule has 2 aliphatic rings. The van der Waals surface area contributed by atoms with E-state index in [0.29, 0.717) is 13.1 Å². The molecule has 32 heavy (non-hydrogen) atoms. The van der Waals surface area contributed by atoms with Crippen molar-refractivity contribution in [3.8, 4) is 5.75 Å². The van der Waals surface area contributed by atoms with Crippen LogP contribution in [-0.2, 0) is 16.1 Å². The predicted molar refractivity (Wildman–Crippen MR) is 120 cm³/mol. The maximum Gasteiger partial charge on any atom is 0.243 e. The largest absolute Gasteiger partial charge is 0.497 e. The summed E-state index contributed by atoms with van der Waals surface area (Å²) in [6.45, 7) is 0.803. The number of amides is 2. The summed E-state index contributed by atoms with van der Waals surface area (Å²) in [5, 5.41) is 0. The zero-order valence-electron chi connectivity index (χ0n) is 18.4. The minimum atomic E-state index is -0.312. The Morgan fingerprint density at radius 2 is 1.75 bits per heavy atom. The molecule has 0 aromatic heterocycles. The van der Waals surface area contributed by atoms with E-state index < -0.39 is 0 Å². The summed E-state index contributed by atoms with van der Waals surface area (Å²) in [4.78, 5) is 29.9. The number of halogens is 1. The smallest absolute Gasteiger partial charge is 0.243 e. The molecule has 6 heteroatoms. The van der Waals surface area contributed by atoms with Crippen molar-refractivity contribution in [1.29, 1.82) is 0 Å². The summed E-state index contributed by atoms with van der Waals surface area (Å²) in [5.41, 5.74) is 1.79. The second-order valence-electron chi connectivity index (χ2n) is 8.49. The Hall–Kier alpha value is -3.15. The van der Waals surface area contributed by atoms with Crippen LogP contribution in [-0.4, -0.2) is 41.8 Å². The van der Waals surface area contributed by atoms with Crippen LogP contribution in [0.2, 0.25) is 0 Å². The van der Waals surface area contributed by atoms with Gasteiger partial charge in [0.05, 0.1) is 13.2 Å². The van der Waals surface area contributed by atoms with Crippen molar-refractivity contribution in [3.63, 3.8) is 0 Å². The molecule has 1 heterocycles. The van der Waals surface area contributed by atoms with Gasteiger partial charge in [-0.3, -0.25) is 9.59 Å². The van der Waals surface area contributed by atoms with E-state index in [9.17, 15) is 14.0 Å². The monoisotopic (exact) mass is 436 g/mol. The molecule has 1 aliphatic heterocycles. The van der Waals surface area contributed by atoms with Gasteiger partial charge in [-0.15, -0.1) is 0 Å². The van der Waals surface area contributed by atoms with Crippen LogP contribution in [0.5, 0.6) is 5.75 Å². The summed E-state index contributed by atoms with van der Waals surface area (Å²) in [6.07, 6.45) is 7.92. The van der Waals surface area contributed by atoms with Crippen LogP contribution >= 0.6 is 0 Å². The first-order chi connectivity index (χ1) is 15.5. The molecule has 1 aliphatic carbocycles. The van der Waals surface area contributed by atoms with Crippen molar-refractivity contribution in [2.75, 3.05) is 20.2 Å². The Labute approximate surface area is 188 Å². The van der Waals surface area contributed by atoms with Crippen molar-refractivity contribution in [2.24, 2.45) is 5.92 Å². The first kappa shape index (κ1) is 22.1. The predicted octanol–water partition coefficient (Wildman–Crippen LogP) is 4.49. The summed E-state index contributed by atoms with van der Waals surface area (Å²) in [6, 6.07) is 13.5. The minimum absolute atomic E-state index is 0.0264. The van der Waals surface area contributed by atoms with Gasteiger partial charge in [-0.25, -0.2) is 4.39 Å². The lowest BCUT2D eigenvalue weighted by atomic mass is 10.0. The molecule has 1 saturated carbocycles. The van der Waals surface area contributed by atoms with Gasteiger partial charge in [-0.1, -0.05) is 49.3 Å². The number of carbonyl (C=O) groups is 2. The van der Waals surface area contributed by atoms with Gasteiger partial charge in [0.2, 0.25) is 11.8 Å². The van der Waals surface area contributed by atoms with Crippen LogP contribution in [0.4, 0.5) is 4.39 Å². The molecule has 2 aromatic carbocycles. The Morgan fingerprint density at radius 1 is 1.06 bits per heavy atom. The molecule has 5 nitrogen and oxygen atoms in total. The highest BCUT2D eigenvalue weighted by atomic mass is 19.1. The maximum absolute atomic E-state index is 13.5. The molecular weight excluding hydrogens is 407 g/mol. The summed E-state index contributed by atoms with van der Waals surface area (Å²) >= 11 is 0. The van der Waals surface area contributed by atoms with Crippen LogP contribution in [0.15, 0.2) is 60.7 Å². The molecule has 0 saturated heterocycles. The molecule has 1 unspecified atom stereocenters. The van der Waals surface area contributed by atoms with Crippen LogP contribution in [0.1, 0.15) is 42.9 Å². The second kappa shape index (κ2) is 9.98. The van der Waals surface area contributed by atoms with Crippen LogP contribution in [0.25, 0.3) is 0 Å². The van der Waals surface area contributed by atoms with Gasteiger partial charge in [-0.05, 0) is 48.2 Å². The number of ether oxygens (including phenoxy) is 1. The third-order valence-corrected chi connectivity index (χ3v) is 6.37. The normalized spacial score (nSPS) is 20.7. The van der Waals surface area contributed by atoms with Crippen LogP contribution in [0.3, 0.4) is 0 Å². The summed E-state index contributed by atoms with van der Waals surface area (Å²) < 4.78 is 18.7. The fourth-order valence-corrected chi connectivity index (χ4v) is 4.56. The second-order valence-corrected chi connectivity index (χ2v) is 8.49. The molecule has 0 spiro atoms. The molecule has 168 valence electrons. The fourth-order valence-electron chi connectivity index (χ4n) is 4.56. The van der Waals surface area contributed by atoms with E-state index in [1.165, 1.54) is 12.1 Å². The molecule has 0 radical (unpaired) electrons. The summed E-state index contributed by atoms with van der Waals surface area (Å²) in [7, 11) is 1.62. The topological polar surface area (TPSA) is 49.9 Å². The van der Waals surface area contributed by atoms with Crippen molar-refractivity contribution in [1.82, 2.24) is 9.80 Å². The quantitative estimate of drug-likeness (QED) is 0.649. The number of benzene rings is 2. The molecule has 1 fully saturated rings. The highest BCUT2D eigenvalue weighted by molar-refractivity contribution is 5.86. The summed E-state index contributed by atoms with van der Waals surface area (Å²) in [5.74, 6) is 0.413. The fraction of sp³-hybridized carbons (Fsp3) is 0.385. The lowest BCUT2D eigenvalue weighted by molar-refractivity contribution is -0.143. The van der Waals surface area contributed by atoms with Crippen molar-refractivity contribution >= 4 is 11.8 Å². The van der Waals surface area contributed by atoms with Crippen LogP contribution in [0, 0.1) is 11.7 Å². The Morgan fingerprint density at radius 3 is 2.41 bits per heavy atom. The van der Waals surface area contributed by atoms with E-state index in [4.69, 9.17) is 4.74 Å². The van der Waals surface area contributed by atoms with Gasteiger partial charge in [-0.2, -0.15) is 0 Å². The van der Waals surface area contributed by atoms with E-state index in [-0.39, 0.29) is 36.1 Å². The first-order valence-corrected chi connectivity index (χ1v) is 11.2. The van der Waals surface area contributed by atoms with Gasteiger partial charge >= 0.3 is 0 Å². The zero-order chi connectivity index (χ0) is 22.5. The van der Waals surface area contributed by atoms with E-state index in [0.717, 1.165) is 42.6 Å². The standard InChI is InChI=1S/C26H29FN2O3/c1-32-23-14-10-20(11-15-23)24-7-4-16-28(26(31)21-5-2-3-6-21)18-25(30)29(24)17-19-8-12-22(27)13-9-19/h4,7-15,21,24H,2-3,5-6,16-18H2,1H3/b7-4-. The number of carbonyl (C=O) groups excluding carboxylic acids is 2. The van der Waals surface area contributed by atoms with Gasteiger partial charge in [0, 0.05) is 19.0 Å². The first-order valence-electron chi connectivity index (χ1n) is 11.2. The van der Waals surface area contributed by atoms with Gasteiger partial charge in [0.15, 0.2) is 0 Å². The lowest BCUT2D eigenvalue weighted by Crippen LogP contribution is -2.46. The highest BCUT2D eigenvalue weighted by Crippen LogP contribution is 2.30. The van der Waals surface area contributed by atoms with Crippen molar-refractivity contribution < 1.29 is 18.7 Å². The average molecular weight is 437 g/mol. The molecule has 0 bridgehead atoms. The number of nitrogens with zero attached hydrogens (tertiary/aromatic N) is 2. The Bertz CT molecular complexity index is 966. The Kier molecular flexibility index (Phi) is 6.88. The third kappa shape index (κ3) is 5.01. The number of rotatable bonds is 5. The van der Waals surface area contributed by atoms with E-state index >= 15 is 0 Å². The molecule has 1 atom stereocenters. The molecule has 2 amide bonds. The molecule has 0 N–H and O–H groups in total. The van der Waals surface area contributed by atoms with E-state index in [2.05, 4.69) is 0 Å². The highest BCUT2D eigenvalue weighted by Gasteiger charge is 2.32. The van der Waals surface area contributed by atoms with E-state index in [1.54, 1.807) is 29.0 Å². The maximum atomic E-state index is 13.5. The molecular formula is C26H29FN2O3. The van der Waals surface area contributed by atoms with Gasteiger partial charge in [0.1, 0.15) is 18.1 Å². The SMILES string of the molecule is COc1ccc(C2/C=C\CN(C(=O)C3CCCC3)CC(=O)N2Cc2ccc(F)cc2)cc1. The van der Waals surface area contributed by atoms with Crippen LogP contribution < -0.4 is 4.74 Å². The molecule has 2 aromatic rings. The number of hydrogen-bond acceptors (Lipinski definition) is 3. The minimum Gasteiger partial charge on any atom is -0.497 e. The average Bonchev–Trinajstić information content (AvgIpc) is 3.35. The van der Waals surface area contributed by atoms with E-state index in [1.807, 2.05) is 36.4 Å². The zero-order valence-corrected chi connectivity index (χ0v) is 18.4. The Balaban J connectivity index is 1.63.